The van der Waals surface area contributed by atoms with Gasteiger partial charge in [-0.1, -0.05) is 0 Å². The smallest absolute Gasteiger partial charge is 0.393 e. The van der Waals surface area contributed by atoms with E-state index in [1.165, 1.54) is 0 Å². The summed E-state index contributed by atoms with van der Waals surface area (Å²) >= 11 is 0. The number of hydrogen-bond acceptors (Lipinski definition) is 4. The van der Waals surface area contributed by atoms with E-state index in [4.69, 9.17) is 0 Å². The topological polar surface area (TPSA) is 63.6 Å². The Morgan fingerprint density at radius 3 is 1.62 bits per heavy atom. The number of halogens is 9. The molecule has 2 fully saturated rings. The van der Waals surface area contributed by atoms with Crippen LogP contribution in [0.15, 0.2) is 0 Å². The Kier molecular flexibility index (Phi) is 5.07. The summed E-state index contributed by atoms with van der Waals surface area (Å²) in [7, 11) is -6.85. The van der Waals surface area contributed by atoms with Crippen molar-refractivity contribution < 1.29 is 57.2 Å². The Morgan fingerprint density at radius 2 is 1.23 bits per heavy atom. The second-order valence-corrected chi connectivity index (χ2v) is 8.01. The van der Waals surface area contributed by atoms with Gasteiger partial charge in [-0.15, -0.1) is 0 Å². The van der Waals surface area contributed by atoms with Gasteiger partial charge >= 0.3 is 33.4 Å². The van der Waals surface area contributed by atoms with Crippen LogP contribution in [-0.2, 0) is 14.3 Å². The highest BCUT2D eigenvalue weighted by Gasteiger charge is 2.86. The molecule has 26 heavy (non-hydrogen) atoms. The zero-order valence-electron chi connectivity index (χ0n) is 12.6. The van der Waals surface area contributed by atoms with Crippen LogP contribution < -0.4 is 0 Å². The maximum atomic E-state index is 13.6. The number of aliphatic hydroxyl groups excluding tert-OH is 1. The van der Waals surface area contributed by atoms with Crippen LogP contribution >= 0.6 is 0 Å². The number of hydrogen-bond donors (Lipinski definition) is 1. The Balaban J connectivity index is 2.32. The molecule has 2 aliphatic rings. The molecule has 2 aliphatic carbocycles. The summed E-state index contributed by atoms with van der Waals surface area (Å²) in [6.45, 7) is 0. The van der Waals surface area contributed by atoms with Gasteiger partial charge in [-0.05, 0) is 37.5 Å². The number of rotatable bonds is 5. The van der Waals surface area contributed by atoms with E-state index in [1.807, 2.05) is 0 Å². The zero-order valence-corrected chi connectivity index (χ0v) is 13.4. The minimum absolute atomic E-state index is 0.0998. The summed E-state index contributed by atoms with van der Waals surface area (Å²) in [5, 5.41) is 2.66. The Labute approximate surface area is 141 Å². The van der Waals surface area contributed by atoms with E-state index in [2.05, 4.69) is 4.18 Å². The SMILES string of the molecule is O=S(=O)(O[C@@H]1[C@@H]2CC[C@H]1C[C@H](O)C2)C(F)(F)C(F)(F)C(F)(F)C(F)(F)F. The van der Waals surface area contributed by atoms with Crippen LogP contribution in [0.1, 0.15) is 25.7 Å². The zero-order chi connectivity index (χ0) is 20.3. The van der Waals surface area contributed by atoms with Crippen molar-refractivity contribution in [3.05, 3.63) is 0 Å². The van der Waals surface area contributed by atoms with Gasteiger partial charge in [-0.25, -0.2) is 0 Å². The molecular weight excluding hydrogens is 411 g/mol. The summed E-state index contributed by atoms with van der Waals surface area (Å²) < 4.78 is 143. The normalized spacial score (nSPS) is 31.3. The van der Waals surface area contributed by atoms with Gasteiger partial charge in [0.05, 0.1) is 12.2 Å². The molecule has 2 saturated carbocycles. The average Bonchev–Trinajstić information content (AvgIpc) is 2.68. The molecule has 0 aromatic rings. The average molecular weight is 424 g/mol. The molecule has 2 bridgehead atoms. The molecule has 0 heterocycles. The molecule has 4 atom stereocenters. The number of alkyl halides is 9. The van der Waals surface area contributed by atoms with Crippen molar-refractivity contribution in [3.63, 3.8) is 0 Å². The monoisotopic (exact) mass is 424 g/mol. The van der Waals surface area contributed by atoms with Gasteiger partial charge in [-0.2, -0.15) is 47.9 Å². The largest absolute Gasteiger partial charge is 0.460 e. The minimum atomic E-state index is -7.32. The van der Waals surface area contributed by atoms with E-state index in [0.717, 1.165) is 0 Å². The van der Waals surface area contributed by atoms with Gasteiger partial charge < -0.3 is 5.11 Å². The van der Waals surface area contributed by atoms with Crippen LogP contribution in [0.3, 0.4) is 0 Å². The van der Waals surface area contributed by atoms with E-state index in [-0.39, 0.29) is 25.7 Å². The summed E-state index contributed by atoms with van der Waals surface area (Å²) in [5.74, 6) is -16.3. The van der Waals surface area contributed by atoms with Gasteiger partial charge in [0.15, 0.2) is 0 Å². The molecule has 4 nitrogen and oxygen atoms in total. The molecule has 0 radical (unpaired) electrons. The molecular formula is C12H13F9O4S. The fraction of sp³-hybridized carbons (Fsp3) is 1.00. The Bertz CT molecular complexity index is 632. The van der Waals surface area contributed by atoms with Crippen LogP contribution in [0.25, 0.3) is 0 Å². The molecule has 0 aromatic heterocycles. The minimum Gasteiger partial charge on any atom is -0.393 e. The van der Waals surface area contributed by atoms with Crippen molar-refractivity contribution in [3.8, 4) is 0 Å². The first kappa shape index (κ1) is 21.5. The lowest BCUT2D eigenvalue weighted by Crippen LogP contribution is -2.63. The fourth-order valence-corrected chi connectivity index (χ4v) is 4.49. The lowest BCUT2D eigenvalue weighted by atomic mass is 9.84. The summed E-state index contributed by atoms with van der Waals surface area (Å²) in [6.07, 6.45) is -9.44. The quantitative estimate of drug-likeness (QED) is 0.544. The first-order valence-electron chi connectivity index (χ1n) is 7.27. The van der Waals surface area contributed by atoms with Crippen LogP contribution in [0, 0.1) is 11.8 Å². The standard InChI is InChI=1S/C12H13F9O4S/c13-9(14,11(17,18)19)10(15,16)12(20,21)26(23,24)25-8-5-1-2-6(8)4-7(22)3-5/h5-8,22H,1-4H2/t5-,6+,7-,8-. The van der Waals surface area contributed by atoms with Crippen molar-refractivity contribution >= 4 is 10.1 Å². The molecule has 0 amide bonds. The highest BCUT2D eigenvalue weighted by molar-refractivity contribution is 7.87. The van der Waals surface area contributed by atoms with E-state index in [9.17, 15) is 53.0 Å². The van der Waals surface area contributed by atoms with Crippen molar-refractivity contribution in [1.82, 2.24) is 0 Å². The van der Waals surface area contributed by atoms with Crippen molar-refractivity contribution in [2.24, 2.45) is 11.8 Å². The van der Waals surface area contributed by atoms with Crippen LogP contribution in [0.5, 0.6) is 0 Å². The third-order valence-corrected chi connectivity index (χ3v) is 6.01. The van der Waals surface area contributed by atoms with Crippen molar-refractivity contribution in [2.45, 2.75) is 61.2 Å². The van der Waals surface area contributed by atoms with E-state index >= 15 is 0 Å². The lowest BCUT2D eigenvalue weighted by molar-refractivity contribution is -0.383. The number of aliphatic hydroxyl groups is 1. The van der Waals surface area contributed by atoms with Gasteiger partial charge in [0, 0.05) is 0 Å². The van der Waals surface area contributed by atoms with E-state index in [0.29, 0.717) is 0 Å². The second-order valence-electron chi connectivity index (χ2n) is 6.40. The summed E-state index contributed by atoms with van der Waals surface area (Å²) in [5.41, 5.74) is 0. The molecule has 154 valence electrons. The lowest BCUT2D eigenvalue weighted by Gasteiger charge is -2.36. The van der Waals surface area contributed by atoms with Gasteiger partial charge in [0.2, 0.25) is 0 Å². The van der Waals surface area contributed by atoms with Crippen LogP contribution in [-0.4, -0.2) is 49.0 Å². The summed E-state index contributed by atoms with van der Waals surface area (Å²) in [4.78, 5) is 0. The molecule has 0 saturated heterocycles. The second kappa shape index (κ2) is 6.12. The van der Waals surface area contributed by atoms with Crippen LogP contribution in [0.4, 0.5) is 39.5 Å². The maximum absolute atomic E-state index is 13.6. The number of fused-ring (bicyclic) bond motifs is 2. The highest BCUT2D eigenvalue weighted by Crippen LogP contribution is 2.56. The first-order valence-corrected chi connectivity index (χ1v) is 8.67. The maximum Gasteiger partial charge on any atom is 0.460 e. The van der Waals surface area contributed by atoms with Crippen molar-refractivity contribution in [2.75, 3.05) is 0 Å². The van der Waals surface area contributed by atoms with Crippen LogP contribution in [0.2, 0.25) is 0 Å². The Hall–Kier alpha value is -0.760. The van der Waals surface area contributed by atoms with Gasteiger partial charge in [0.25, 0.3) is 0 Å². The molecule has 0 aromatic carbocycles. The summed E-state index contributed by atoms with van der Waals surface area (Å²) in [6, 6.07) is 0. The molecule has 2 rings (SSSR count). The third kappa shape index (κ3) is 3.07. The van der Waals surface area contributed by atoms with Gasteiger partial charge in [-0.3, -0.25) is 4.18 Å². The fourth-order valence-electron chi connectivity index (χ4n) is 3.32. The van der Waals surface area contributed by atoms with Gasteiger partial charge in [0.1, 0.15) is 0 Å². The molecule has 14 heteroatoms. The molecule has 0 unspecified atom stereocenters. The molecule has 0 spiro atoms. The first-order chi connectivity index (χ1) is 11.5. The molecule has 1 N–H and O–H groups in total. The highest BCUT2D eigenvalue weighted by atomic mass is 32.2. The molecule has 0 aliphatic heterocycles. The predicted molar refractivity (Wildman–Crippen MR) is 66.1 cm³/mol. The van der Waals surface area contributed by atoms with Crippen molar-refractivity contribution in [1.29, 1.82) is 0 Å². The van der Waals surface area contributed by atoms with E-state index in [1.54, 1.807) is 0 Å². The third-order valence-electron chi connectivity index (χ3n) is 4.65. The Morgan fingerprint density at radius 1 is 0.808 bits per heavy atom. The predicted octanol–water partition coefficient (Wildman–Crippen LogP) is 3.31. The van der Waals surface area contributed by atoms with E-state index < -0.39 is 57.4 Å².